The molecule has 0 aromatic carbocycles. The average molecular weight is 507 g/mol. The molecular weight excluding hydrogens is 460 g/mol. The largest absolute Gasteiger partial charge is 0.389 e. The molecule has 2 N–H and O–H groups in total. The number of rotatable bonds is 1. The Labute approximate surface area is 223 Å². The van der Waals surface area contributed by atoms with Crippen molar-refractivity contribution < 1.29 is 14.7 Å². The van der Waals surface area contributed by atoms with E-state index in [1.54, 1.807) is 7.05 Å². The van der Waals surface area contributed by atoms with Crippen molar-refractivity contribution in [3.05, 3.63) is 23.3 Å². The second-order valence-corrected chi connectivity index (χ2v) is 15.2. The number of fused-ring (bicyclic) bond motifs is 7. The van der Waals surface area contributed by atoms with Crippen LogP contribution in [0.2, 0.25) is 0 Å². The van der Waals surface area contributed by atoms with E-state index in [4.69, 9.17) is 0 Å². The van der Waals surface area contributed by atoms with Crippen LogP contribution in [-0.2, 0) is 9.59 Å². The van der Waals surface area contributed by atoms with Crippen molar-refractivity contribution in [3.63, 3.8) is 0 Å². The molecule has 8 atom stereocenters. The standard InChI is InChI=1S/C32H46N2O3/c1-27(2)11-13-32(26(37)34-8)14-12-31(7)24(20(32)17-27)21(35)15-23-29(5)16-19(18-33)25(36)28(3,4)22(29)9-10-30(23,31)6/h15-16,20-22,24,35H,9-14,17H2,1-8H3,(H,34,37)/t20?,21?,22?,24?,29-,30+,31+,32-/m0/s1. The predicted octanol–water partition coefficient (Wildman–Crippen LogP) is 5.74. The second-order valence-electron chi connectivity index (χ2n) is 15.2. The van der Waals surface area contributed by atoms with Crippen LogP contribution >= 0.6 is 0 Å². The van der Waals surface area contributed by atoms with E-state index in [1.807, 2.05) is 19.9 Å². The normalized spacial score (nSPS) is 47.6. The molecule has 3 saturated carbocycles. The lowest BCUT2D eigenvalue weighted by atomic mass is 9.34. The van der Waals surface area contributed by atoms with Gasteiger partial charge in [0.2, 0.25) is 5.91 Å². The number of ketones is 1. The summed E-state index contributed by atoms with van der Waals surface area (Å²) in [4.78, 5) is 26.7. The van der Waals surface area contributed by atoms with Gasteiger partial charge in [-0.15, -0.1) is 0 Å². The van der Waals surface area contributed by atoms with Crippen LogP contribution in [0.5, 0.6) is 0 Å². The quantitative estimate of drug-likeness (QED) is 0.444. The van der Waals surface area contributed by atoms with Crippen LogP contribution in [0.4, 0.5) is 0 Å². The fraction of sp³-hybridized carbons (Fsp3) is 0.781. The van der Waals surface area contributed by atoms with Gasteiger partial charge >= 0.3 is 0 Å². The maximum absolute atomic E-state index is 13.5. The van der Waals surface area contributed by atoms with Gasteiger partial charge in [0.05, 0.1) is 17.1 Å². The Morgan fingerprint density at radius 1 is 1.05 bits per heavy atom. The van der Waals surface area contributed by atoms with Crippen molar-refractivity contribution in [1.82, 2.24) is 5.32 Å². The molecule has 3 fully saturated rings. The Hall–Kier alpha value is -1.93. The summed E-state index contributed by atoms with van der Waals surface area (Å²) in [6, 6.07) is 2.20. The zero-order valence-electron chi connectivity index (χ0n) is 24.1. The Bertz CT molecular complexity index is 1160. The van der Waals surface area contributed by atoms with Crippen molar-refractivity contribution in [3.8, 4) is 6.07 Å². The van der Waals surface area contributed by atoms with Crippen LogP contribution in [0.3, 0.4) is 0 Å². The highest BCUT2D eigenvalue weighted by Crippen LogP contribution is 2.75. The molecule has 0 aromatic rings. The highest BCUT2D eigenvalue weighted by atomic mass is 16.3. The molecule has 0 spiro atoms. The fourth-order valence-electron chi connectivity index (χ4n) is 10.5. The maximum Gasteiger partial charge on any atom is 0.226 e. The van der Waals surface area contributed by atoms with Crippen molar-refractivity contribution in [1.29, 1.82) is 5.26 Å². The number of hydrogen-bond acceptors (Lipinski definition) is 4. The van der Waals surface area contributed by atoms with Gasteiger partial charge in [0.15, 0.2) is 5.78 Å². The number of nitriles is 1. The summed E-state index contributed by atoms with van der Waals surface area (Å²) in [5, 5.41) is 24.9. The molecule has 0 bridgehead atoms. The van der Waals surface area contributed by atoms with Crippen molar-refractivity contribution in [2.24, 2.45) is 50.2 Å². The summed E-state index contributed by atoms with van der Waals surface area (Å²) in [5.41, 5.74) is -0.305. The topological polar surface area (TPSA) is 90.2 Å². The van der Waals surface area contributed by atoms with E-state index >= 15 is 0 Å². The van der Waals surface area contributed by atoms with E-state index in [0.29, 0.717) is 0 Å². The first-order valence-corrected chi connectivity index (χ1v) is 14.3. The van der Waals surface area contributed by atoms with Gasteiger partial charge in [0.25, 0.3) is 0 Å². The van der Waals surface area contributed by atoms with E-state index in [1.165, 1.54) is 5.57 Å². The van der Waals surface area contributed by atoms with E-state index < -0.39 is 22.3 Å². The van der Waals surface area contributed by atoms with Gasteiger partial charge in [-0.3, -0.25) is 9.59 Å². The lowest BCUT2D eigenvalue weighted by Gasteiger charge is -2.70. The molecule has 202 valence electrons. The summed E-state index contributed by atoms with van der Waals surface area (Å²) in [7, 11) is 1.76. The average Bonchev–Trinajstić information content (AvgIpc) is 2.82. The van der Waals surface area contributed by atoms with Crippen LogP contribution in [0.25, 0.3) is 0 Å². The molecule has 4 unspecified atom stereocenters. The first-order chi connectivity index (χ1) is 17.0. The van der Waals surface area contributed by atoms with Gasteiger partial charge in [-0.05, 0) is 78.9 Å². The lowest BCUT2D eigenvalue weighted by molar-refractivity contribution is -0.191. The number of allylic oxidation sites excluding steroid dienone is 3. The van der Waals surface area contributed by atoms with Crippen LogP contribution in [-0.4, -0.2) is 29.9 Å². The number of hydrogen-bond donors (Lipinski definition) is 2. The number of carbonyl (C=O) groups is 2. The number of aliphatic hydroxyl groups is 1. The molecule has 5 nitrogen and oxygen atoms in total. The van der Waals surface area contributed by atoms with Gasteiger partial charge in [0.1, 0.15) is 6.07 Å². The number of nitrogens with zero attached hydrogens (tertiary/aromatic N) is 1. The van der Waals surface area contributed by atoms with Gasteiger partial charge in [-0.1, -0.05) is 66.2 Å². The molecule has 5 rings (SSSR count). The third-order valence-corrected chi connectivity index (χ3v) is 12.7. The Balaban J connectivity index is 1.70. The molecule has 1 amide bonds. The molecule has 0 aromatic heterocycles. The van der Waals surface area contributed by atoms with E-state index in [0.717, 1.165) is 44.9 Å². The molecule has 0 aliphatic heterocycles. The number of aliphatic hydroxyl groups excluding tert-OH is 1. The predicted molar refractivity (Wildman–Crippen MR) is 144 cm³/mol. The molecule has 5 heteroatoms. The summed E-state index contributed by atoms with van der Waals surface area (Å²) < 4.78 is 0. The number of carbonyl (C=O) groups excluding carboxylic acids is 2. The monoisotopic (exact) mass is 506 g/mol. The summed E-state index contributed by atoms with van der Waals surface area (Å²) in [6.45, 7) is 15.6. The van der Waals surface area contributed by atoms with Gasteiger partial charge < -0.3 is 10.4 Å². The highest BCUT2D eigenvalue weighted by molar-refractivity contribution is 6.04. The van der Waals surface area contributed by atoms with Crippen LogP contribution < -0.4 is 5.32 Å². The van der Waals surface area contributed by atoms with Crippen molar-refractivity contribution in [2.45, 2.75) is 99.5 Å². The SMILES string of the molecule is CNC(=O)[C@]12CCC(C)(C)CC1C1C(O)C=C3[C@@]4(C)C=C(C#N)C(=O)C(C)(C)C4CC[C@@]3(C)[C@]1(C)CC2. The number of Topliss-reactive ketones (excluding diaryl/α,β-unsaturated/α-hetero) is 1. The highest BCUT2D eigenvalue weighted by Gasteiger charge is 2.70. The number of nitrogens with one attached hydrogen (secondary N) is 1. The summed E-state index contributed by atoms with van der Waals surface area (Å²) in [6.07, 6.45) is 9.83. The first-order valence-electron chi connectivity index (χ1n) is 14.3. The zero-order valence-corrected chi connectivity index (χ0v) is 24.1. The minimum Gasteiger partial charge on any atom is -0.389 e. The van der Waals surface area contributed by atoms with Gasteiger partial charge in [0, 0.05) is 17.9 Å². The first kappa shape index (κ1) is 26.7. The Kier molecular flexibility index (Phi) is 5.63. The molecule has 0 radical (unpaired) electrons. The molecule has 5 aliphatic carbocycles. The van der Waals surface area contributed by atoms with E-state index in [9.17, 15) is 20.0 Å². The fourth-order valence-corrected chi connectivity index (χ4v) is 10.5. The van der Waals surface area contributed by atoms with Crippen molar-refractivity contribution >= 4 is 11.7 Å². The maximum atomic E-state index is 13.5. The molecular formula is C32H46N2O3. The lowest BCUT2D eigenvalue weighted by Crippen LogP contribution is -2.67. The zero-order chi connectivity index (χ0) is 27.4. The molecule has 5 aliphatic rings. The van der Waals surface area contributed by atoms with Gasteiger partial charge in [-0.25, -0.2) is 0 Å². The summed E-state index contributed by atoms with van der Waals surface area (Å²) >= 11 is 0. The third-order valence-electron chi connectivity index (χ3n) is 12.7. The van der Waals surface area contributed by atoms with Gasteiger partial charge in [-0.2, -0.15) is 5.26 Å². The third kappa shape index (κ3) is 3.17. The van der Waals surface area contributed by atoms with Crippen molar-refractivity contribution in [2.75, 3.05) is 7.05 Å². The molecule has 0 heterocycles. The Morgan fingerprint density at radius 3 is 2.32 bits per heavy atom. The van der Waals surface area contributed by atoms with Crippen LogP contribution in [0.1, 0.15) is 93.4 Å². The molecule has 0 saturated heterocycles. The molecule has 37 heavy (non-hydrogen) atoms. The Morgan fingerprint density at radius 2 is 1.70 bits per heavy atom. The second kappa shape index (κ2) is 7.81. The summed E-state index contributed by atoms with van der Waals surface area (Å²) in [5.74, 6) is 0.273. The number of amides is 1. The van der Waals surface area contributed by atoms with E-state index in [-0.39, 0.29) is 51.3 Å². The minimum atomic E-state index is -0.661. The van der Waals surface area contributed by atoms with Crippen LogP contribution in [0, 0.1) is 61.6 Å². The smallest absolute Gasteiger partial charge is 0.226 e. The minimum absolute atomic E-state index is 0.00956. The van der Waals surface area contributed by atoms with E-state index in [2.05, 4.69) is 52.1 Å². The van der Waals surface area contributed by atoms with Crippen LogP contribution in [0.15, 0.2) is 23.3 Å².